The van der Waals surface area contributed by atoms with Crippen molar-refractivity contribution in [1.29, 1.82) is 0 Å². The molecule has 0 aromatic heterocycles. The number of benzene rings is 1. The first kappa shape index (κ1) is 9.06. The molecule has 3 heteroatoms. The number of para-hydroxylation sites is 1. The van der Waals surface area contributed by atoms with Crippen LogP contribution in [0.2, 0.25) is 0 Å². The zero-order valence-corrected chi connectivity index (χ0v) is 8.45. The van der Waals surface area contributed by atoms with E-state index in [0.29, 0.717) is 6.54 Å². The first-order valence-corrected chi connectivity index (χ1v) is 4.74. The summed E-state index contributed by atoms with van der Waals surface area (Å²) in [6, 6.07) is 9.72. The quantitative estimate of drug-likeness (QED) is 0.721. The van der Waals surface area contributed by atoms with Crippen LogP contribution in [0.3, 0.4) is 0 Å². The fraction of sp³-hybridized carbons (Fsp3) is 0.364. The molecule has 3 nitrogen and oxygen atoms in total. The zero-order chi connectivity index (χ0) is 10.2. The van der Waals surface area contributed by atoms with E-state index in [1.54, 1.807) is 4.90 Å². The van der Waals surface area contributed by atoms with Crippen molar-refractivity contribution in [1.82, 2.24) is 5.32 Å². The Balaban J connectivity index is 2.38. The van der Waals surface area contributed by atoms with Crippen molar-refractivity contribution < 1.29 is 4.79 Å². The standard InChI is InChI=1S/C11H14N2O/c1-11(2)8-12-10(14)13(11)9-6-4-3-5-7-9/h3-7H,8H2,1-2H3,(H,12,14). The molecule has 0 atom stereocenters. The predicted molar refractivity (Wildman–Crippen MR) is 56.4 cm³/mol. The highest BCUT2D eigenvalue weighted by Crippen LogP contribution is 2.26. The van der Waals surface area contributed by atoms with Crippen molar-refractivity contribution in [3.63, 3.8) is 0 Å². The Bertz CT molecular complexity index is 346. The van der Waals surface area contributed by atoms with Gasteiger partial charge in [0, 0.05) is 12.2 Å². The van der Waals surface area contributed by atoms with Gasteiger partial charge in [0.2, 0.25) is 0 Å². The van der Waals surface area contributed by atoms with Crippen LogP contribution in [0.25, 0.3) is 0 Å². The van der Waals surface area contributed by atoms with E-state index in [9.17, 15) is 4.79 Å². The van der Waals surface area contributed by atoms with Gasteiger partial charge >= 0.3 is 6.03 Å². The number of nitrogens with one attached hydrogen (secondary N) is 1. The molecule has 1 aliphatic heterocycles. The van der Waals surface area contributed by atoms with Gasteiger partial charge in [-0.1, -0.05) is 18.2 Å². The van der Waals surface area contributed by atoms with Crippen LogP contribution < -0.4 is 10.2 Å². The van der Waals surface area contributed by atoms with Crippen molar-refractivity contribution in [3.05, 3.63) is 30.3 Å². The molecule has 1 aromatic carbocycles. The Morgan fingerprint density at radius 2 is 1.93 bits per heavy atom. The Morgan fingerprint density at radius 1 is 1.29 bits per heavy atom. The molecule has 1 fully saturated rings. The number of rotatable bonds is 1. The molecule has 14 heavy (non-hydrogen) atoms. The van der Waals surface area contributed by atoms with E-state index in [4.69, 9.17) is 0 Å². The average molecular weight is 190 g/mol. The Labute approximate surface area is 83.7 Å². The number of carbonyl (C=O) groups is 1. The predicted octanol–water partition coefficient (Wildman–Crippen LogP) is 1.99. The molecule has 2 amide bonds. The SMILES string of the molecule is CC1(C)CNC(=O)N1c1ccccc1. The van der Waals surface area contributed by atoms with Crippen LogP contribution in [0.5, 0.6) is 0 Å². The monoisotopic (exact) mass is 190 g/mol. The molecular formula is C11H14N2O. The lowest BCUT2D eigenvalue weighted by Crippen LogP contribution is -2.42. The summed E-state index contributed by atoms with van der Waals surface area (Å²) in [4.78, 5) is 13.4. The second-order valence-corrected chi connectivity index (χ2v) is 4.14. The first-order chi connectivity index (χ1) is 6.61. The molecule has 1 aromatic rings. The Kier molecular flexibility index (Phi) is 1.95. The van der Waals surface area contributed by atoms with E-state index in [1.165, 1.54) is 0 Å². The molecule has 0 saturated carbocycles. The molecule has 0 spiro atoms. The van der Waals surface area contributed by atoms with Crippen LogP contribution in [0, 0.1) is 0 Å². The summed E-state index contributed by atoms with van der Waals surface area (Å²) in [5.41, 5.74) is 0.811. The fourth-order valence-electron chi connectivity index (χ4n) is 1.77. The summed E-state index contributed by atoms with van der Waals surface area (Å²) in [7, 11) is 0. The smallest absolute Gasteiger partial charge is 0.322 e. The molecule has 2 rings (SSSR count). The molecule has 1 aliphatic rings. The van der Waals surface area contributed by atoms with Gasteiger partial charge in [-0.2, -0.15) is 0 Å². The minimum absolute atomic E-state index is 0.0128. The summed E-state index contributed by atoms with van der Waals surface area (Å²) in [6.07, 6.45) is 0. The highest BCUT2D eigenvalue weighted by molar-refractivity contribution is 5.95. The van der Waals surface area contributed by atoms with Crippen molar-refractivity contribution >= 4 is 11.7 Å². The highest BCUT2D eigenvalue weighted by atomic mass is 16.2. The summed E-state index contributed by atoms with van der Waals surface area (Å²) < 4.78 is 0. The van der Waals surface area contributed by atoms with Gasteiger partial charge in [0.25, 0.3) is 0 Å². The molecule has 0 unspecified atom stereocenters. The molecule has 1 saturated heterocycles. The average Bonchev–Trinajstić information content (AvgIpc) is 2.42. The van der Waals surface area contributed by atoms with E-state index >= 15 is 0 Å². The third-order valence-corrected chi connectivity index (χ3v) is 2.50. The van der Waals surface area contributed by atoms with E-state index < -0.39 is 0 Å². The van der Waals surface area contributed by atoms with Crippen LogP contribution in [0.4, 0.5) is 10.5 Å². The maximum absolute atomic E-state index is 11.6. The summed E-state index contributed by atoms with van der Waals surface area (Å²) in [6.45, 7) is 4.80. The number of amides is 2. The minimum Gasteiger partial charge on any atom is -0.335 e. The lowest BCUT2D eigenvalue weighted by atomic mass is 10.0. The molecule has 0 bridgehead atoms. The van der Waals surface area contributed by atoms with Gasteiger partial charge in [0.1, 0.15) is 0 Å². The largest absolute Gasteiger partial charge is 0.335 e. The highest BCUT2D eigenvalue weighted by Gasteiger charge is 2.38. The normalized spacial score (nSPS) is 19.6. The van der Waals surface area contributed by atoms with Gasteiger partial charge in [-0.05, 0) is 26.0 Å². The number of hydrogen-bond donors (Lipinski definition) is 1. The van der Waals surface area contributed by atoms with E-state index in [2.05, 4.69) is 19.2 Å². The second kappa shape index (κ2) is 3.01. The van der Waals surface area contributed by atoms with E-state index in [0.717, 1.165) is 5.69 Å². The van der Waals surface area contributed by atoms with Crippen LogP contribution >= 0.6 is 0 Å². The third-order valence-electron chi connectivity index (χ3n) is 2.50. The summed E-state index contributed by atoms with van der Waals surface area (Å²) in [5, 5.41) is 2.85. The molecule has 74 valence electrons. The van der Waals surface area contributed by atoms with Crippen LogP contribution in [-0.2, 0) is 0 Å². The Morgan fingerprint density at radius 3 is 2.43 bits per heavy atom. The maximum Gasteiger partial charge on any atom is 0.322 e. The molecule has 1 heterocycles. The van der Waals surface area contributed by atoms with Crippen molar-refractivity contribution in [3.8, 4) is 0 Å². The maximum atomic E-state index is 11.6. The van der Waals surface area contributed by atoms with Crippen LogP contribution in [-0.4, -0.2) is 18.1 Å². The Hall–Kier alpha value is -1.51. The lowest BCUT2D eigenvalue weighted by molar-refractivity contribution is 0.251. The fourth-order valence-corrected chi connectivity index (χ4v) is 1.77. The third kappa shape index (κ3) is 1.35. The summed E-state index contributed by atoms with van der Waals surface area (Å²) in [5.74, 6) is 0. The van der Waals surface area contributed by atoms with Crippen molar-refractivity contribution in [2.45, 2.75) is 19.4 Å². The zero-order valence-electron chi connectivity index (χ0n) is 8.45. The van der Waals surface area contributed by atoms with Crippen LogP contribution in [0.1, 0.15) is 13.8 Å². The van der Waals surface area contributed by atoms with Gasteiger partial charge in [-0.25, -0.2) is 4.79 Å². The van der Waals surface area contributed by atoms with Gasteiger partial charge in [0.05, 0.1) is 5.54 Å². The van der Waals surface area contributed by atoms with E-state index in [-0.39, 0.29) is 11.6 Å². The number of urea groups is 1. The van der Waals surface area contributed by atoms with Gasteiger partial charge in [-0.3, -0.25) is 4.90 Å². The topological polar surface area (TPSA) is 32.3 Å². The van der Waals surface area contributed by atoms with E-state index in [1.807, 2.05) is 30.3 Å². The molecule has 0 radical (unpaired) electrons. The molecule has 1 N–H and O–H groups in total. The minimum atomic E-state index is -0.140. The van der Waals surface area contributed by atoms with Gasteiger partial charge in [-0.15, -0.1) is 0 Å². The van der Waals surface area contributed by atoms with Gasteiger partial charge in [0.15, 0.2) is 0 Å². The van der Waals surface area contributed by atoms with Crippen molar-refractivity contribution in [2.24, 2.45) is 0 Å². The number of nitrogens with zero attached hydrogens (tertiary/aromatic N) is 1. The molecule has 0 aliphatic carbocycles. The number of carbonyl (C=O) groups excluding carboxylic acids is 1. The number of hydrogen-bond acceptors (Lipinski definition) is 1. The first-order valence-electron chi connectivity index (χ1n) is 4.74. The van der Waals surface area contributed by atoms with Crippen molar-refractivity contribution in [2.75, 3.05) is 11.4 Å². The van der Waals surface area contributed by atoms with Gasteiger partial charge < -0.3 is 5.32 Å². The lowest BCUT2D eigenvalue weighted by Gasteiger charge is -2.29. The molecular weight excluding hydrogens is 176 g/mol. The summed E-state index contributed by atoms with van der Waals surface area (Å²) >= 11 is 0. The number of anilines is 1. The second-order valence-electron chi connectivity index (χ2n) is 4.14. The van der Waals surface area contributed by atoms with Crippen LogP contribution in [0.15, 0.2) is 30.3 Å².